The molecule has 2 aromatic carbocycles. The van der Waals surface area contributed by atoms with Gasteiger partial charge in [0.15, 0.2) is 0 Å². The van der Waals surface area contributed by atoms with E-state index in [4.69, 9.17) is 23.2 Å². The van der Waals surface area contributed by atoms with Crippen LogP contribution in [0, 0.1) is 18.3 Å². The van der Waals surface area contributed by atoms with E-state index < -0.39 is 5.56 Å². The van der Waals surface area contributed by atoms with Crippen molar-refractivity contribution in [2.75, 3.05) is 0 Å². The number of hydrogen-bond donors (Lipinski definition) is 1. The maximum Gasteiger partial charge on any atom is 0.266 e. The second-order valence-electron chi connectivity index (χ2n) is 6.71. The zero-order chi connectivity index (χ0) is 22.1. The molecule has 152 valence electrons. The Labute approximate surface area is 187 Å². The van der Waals surface area contributed by atoms with Gasteiger partial charge in [0, 0.05) is 16.8 Å². The molecule has 0 bridgehead atoms. The van der Waals surface area contributed by atoms with Gasteiger partial charge in [0.2, 0.25) is 0 Å². The van der Waals surface area contributed by atoms with E-state index in [0.717, 1.165) is 0 Å². The molecule has 2 aromatic heterocycles. The lowest BCUT2D eigenvalue weighted by Crippen LogP contribution is -2.22. The number of pyridine rings is 1. The molecular weight excluding hydrogens is 435 g/mol. The predicted octanol–water partition coefficient (Wildman–Crippen LogP) is 5.32. The highest BCUT2D eigenvalue weighted by Crippen LogP contribution is 2.24. The highest BCUT2D eigenvalue weighted by Gasteiger charge is 2.16. The molecule has 0 unspecified atom stereocenters. The molecule has 8 heteroatoms. The van der Waals surface area contributed by atoms with Crippen molar-refractivity contribution in [3.05, 3.63) is 97.8 Å². The van der Waals surface area contributed by atoms with Crippen LogP contribution < -0.4 is 5.56 Å². The molecule has 0 atom stereocenters. The third-order valence-electron chi connectivity index (χ3n) is 4.61. The normalized spacial score (nSPS) is 11.5. The molecule has 0 aliphatic carbocycles. The van der Waals surface area contributed by atoms with Gasteiger partial charge in [-0.3, -0.25) is 9.36 Å². The van der Waals surface area contributed by atoms with Gasteiger partial charge in [-0.1, -0.05) is 35.3 Å². The quantitative estimate of drug-likeness (QED) is 0.427. The Kier molecular flexibility index (Phi) is 5.47. The summed E-state index contributed by atoms with van der Waals surface area (Å²) in [5.74, 6) is -0.182. The number of nitriles is 1. The summed E-state index contributed by atoms with van der Waals surface area (Å²) >= 11 is 12.4. The molecule has 0 radical (unpaired) electrons. The Balaban J connectivity index is 2.05. The number of para-hydroxylation sites is 1. The lowest BCUT2D eigenvalue weighted by atomic mass is 10.1. The zero-order valence-corrected chi connectivity index (χ0v) is 17.7. The zero-order valence-electron chi connectivity index (χ0n) is 16.2. The fourth-order valence-corrected chi connectivity index (χ4v) is 3.56. The summed E-state index contributed by atoms with van der Waals surface area (Å²) < 4.78 is 1.29. The molecule has 2 heterocycles. The molecule has 6 nitrogen and oxygen atoms in total. The van der Waals surface area contributed by atoms with Crippen LogP contribution in [0.15, 0.2) is 59.4 Å². The second-order valence-corrected chi connectivity index (χ2v) is 7.56. The molecule has 0 saturated carbocycles. The number of aliphatic hydroxyl groups excluding tert-OH is 1. The Morgan fingerprint density at radius 1 is 1.13 bits per heavy atom. The summed E-state index contributed by atoms with van der Waals surface area (Å²) in [4.78, 5) is 22.2. The van der Waals surface area contributed by atoms with E-state index in [1.54, 1.807) is 55.5 Å². The van der Waals surface area contributed by atoms with Gasteiger partial charge in [-0.15, -0.1) is 0 Å². The maximum atomic E-state index is 13.4. The number of aliphatic hydroxyl groups is 1. The first-order chi connectivity index (χ1) is 14.9. The van der Waals surface area contributed by atoms with Gasteiger partial charge in [-0.2, -0.15) is 5.26 Å². The van der Waals surface area contributed by atoms with Gasteiger partial charge in [-0.25, -0.2) is 9.97 Å². The van der Waals surface area contributed by atoms with Crippen LogP contribution in [0.3, 0.4) is 0 Å². The van der Waals surface area contributed by atoms with Crippen LogP contribution in [0.25, 0.3) is 28.4 Å². The summed E-state index contributed by atoms with van der Waals surface area (Å²) in [6, 6.07) is 16.8. The number of hydrogen-bond acceptors (Lipinski definition) is 5. The van der Waals surface area contributed by atoms with Crippen LogP contribution in [0.4, 0.5) is 0 Å². The molecule has 4 aromatic rings. The largest absolute Gasteiger partial charge is 0.505 e. The first-order valence-electron chi connectivity index (χ1n) is 9.15. The molecule has 0 aliphatic rings. The molecule has 0 saturated heterocycles. The van der Waals surface area contributed by atoms with Crippen molar-refractivity contribution in [3.8, 4) is 11.8 Å². The van der Waals surface area contributed by atoms with Gasteiger partial charge in [0.05, 0.1) is 27.2 Å². The Morgan fingerprint density at radius 3 is 2.65 bits per heavy atom. The fourth-order valence-electron chi connectivity index (χ4n) is 3.17. The number of benzene rings is 2. The van der Waals surface area contributed by atoms with E-state index in [-0.39, 0.29) is 22.8 Å². The summed E-state index contributed by atoms with van der Waals surface area (Å²) in [7, 11) is 0. The van der Waals surface area contributed by atoms with Crippen molar-refractivity contribution in [2.24, 2.45) is 0 Å². The minimum absolute atomic E-state index is 0.0960. The Morgan fingerprint density at radius 2 is 1.90 bits per heavy atom. The average molecular weight is 449 g/mol. The first kappa shape index (κ1) is 20.6. The Bertz CT molecular complexity index is 1470. The lowest BCUT2D eigenvalue weighted by molar-refractivity contribution is 0.511. The van der Waals surface area contributed by atoms with Gasteiger partial charge < -0.3 is 5.11 Å². The molecule has 31 heavy (non-hydrogen) atoms. The van der Waals surface area contributed by atoms with Crippen LogP contribution >= 0.6 is 23.2 Å². The van der Waals surface area contributed by atoms with Crippen molar-refractivity contribution in [3.63, 3.8) is 0 Å². The summed E-state index contributed by atoms with van der Waals surface area (Å²) in [5.41, 5.74) is 1.29. The third kappa shape index (κ3) is 3.89. The van der Waals surface area contributed by atoms with E-state index in [1.165, 1.54) is 16.7 Å². The summed E-state index contributed by atoms with van der Waals surface area (Å²) in [5, 5.41) is 21.2. The van der Waals surface area contributed by atoms with Crippen LogP contribution in [0.1, 0.15) is 22.8 Å². The van der Waals surface area contributed by atoms with Crippen LogP contribution in [-0.4, -0.2) is 19.6 Å². The highest BCUT2D eigenvalue weighted by atomic mass is 35.5. The molecule has 1 N–H and O–H groups in total. The number of halogens is 2. The number of aryl methyl sites for hydroxylation is 1. The topological polar surface area (TPSA) is 91.8 Å². The van der Waals surface area contributed by atoms with Crippen molar-refractivity contribution in [1.82, 2.24) is 14.5 Å². The van der Waals surface area contributed by atoms with Crippen LogP contribution in [0.5, 0.6) is 0 Å². The monoisotopic (exact) mass is 448 g/mol. The van der Waals surface area contributed by atoms with E-state index in [0.29, 0.717) is 32.3 Å². The molecular formula is C23H14Cl2N4O2. The molecule has 0 fully saturated rings. The summed E-state index contributed by atoms with van der Waals surface area (Å²) in [6.45, 7) is 1.75. The van der Waals surface area contributed by atoms with E-state index in [2.05, 4.69) is 9.97 Å². The first-order valence-corrected chi connectivity index (χ1v) is 9.90. The van der Waals surface area contributed by atoms with E-state index >= 15 is 0 Å². The van der Waals surface area contributed by atoms with Crippen molar-refractivity contribution in [2.45, 2.75) is 6.92 Å². The maximum absolute atomic E-state index is 13.4. The fraction of sp³-hybridized carbons (Fsp3) is 0.0435. The lowest BCUT2D eigenvalue weighted by Gasteiger charge is -2.13. The predicted molar refractivity (Wildman–Crippen MR) is 122 cm³/mol. The second kappa shape index (κ2) is 8.23. The molecule has 4 rings (SSSR count). The van der Waals surface area contributed by atoms with E-state index in [9.17, 15) is 15.2 Å². The van der Waals surface area contributed by atoms with Gasteiger partial charge in [0.1, 0.15) is 23.3 Å². The number of rotatable bonds is 3. The summed E-state index contributed by atoms with van der Waals surface area (Å²) in [6.07, 6.45) is 1.29. The van der Waals surface area contributed by atoms with Crippen LogP contribution in [0.2, 0.25) is 10.0 Å². The highest BCUT2D eigenvalue weighted by molar-refractivity contribution is 6.32. The van der Waals surface area contributed by atoms with Gasteiger partial charge >= 0.3 is 0 Å². The average Bonchev–Trinajstić information content (AvgIpc) is 2.75. The van der Waals surface area contributed by atoms with Crippen molar-refractivity contribution in [1.29, 1.82) is 5.26 Å². The van der Waals surface area contributed by atoms with E-state index in [1.807, 2.05) is 6.07 Å². The number of fused-ring (bicyclic) bond motifs is 1. The molecule has 0 aliphatic heterocycles. The van der Waals surface area contributed by atoms with Crippen LogP contribution in [-0.2, 0) is 0 Å². The van der Waals surface area contributed by atoms with Gasteiger partial charge in [0.25, 0.3) is 5.56 Å². The standard InChI is InChI=1S/C23H14Cl2N4O2/c1-13-6-7-14(12-26)22(27-13)20(30)11-21-28-18-9-8-15(24)10-16(18)23(31)29(21)19-5-3-2-4-17(19)25/h2-11,30H,1H3. The molecule has 0 amide bonds. The van der Waals surface area contributed by atoms with Gasteiger partial charge in [-0.05, 0) is 49.4 Å². The minimum atomic E-state index is -0.405. The van der Waals surface area contributed by atoms with Crippen molar-refractivity contribution >= 4 is 45.9 Å². The third-order valence-corrected chi connectivity index (χ3v) is 5.17. The SMILES string of the molecule is Cc1ccc(C#N)c(C(O)=Cc2nc3ccc(Cl)cc3c(=O)n2-c2ccccc2Cl)n1. The number of aromatic nitrogens is 3. The van der Waals surface area contributed by atoms with Crippen molar-refractivity contribution < 1.29 is 5.11 Å². The number of nitrogens with zero attached hydrogens (tertiary/aromatic N) is 4. The smallest absolute Gasteiger partial charge is 0.266 e. The minimum Gasteiger partial charge on any atom is -0.505 e. The Hall–Kier alpha value is -3.66. The molecule has 0 spiro atoms.